The normalized spacial score (nSPS) is 22.5. The summed E-state index contributed by atoms with van der Waals surface area (Å²) in [5.74, 6) is -1.06. The van der Waals surface area contributed by atoms with Crippen LogP contribution < -0.4 is 5.32 Å². The Morgan fingerprint density at radius 1 is 1.50 bits per heavy atom. The van der Waals surface area contributed by atoms with Crippen molar-refractivity contribution in [3.63, 3.8) is 0 Å². The lowest BCUT2D eigenvalue weighted by Gasteiger charge is -2.20. The lowest BCUT2D eigenvalue weighted by atomic mass is 10.1. The molecule has 18 heavy (non-hydrogen) atoms. The number of urea groups is 1. The number of allylic oxidation sites excluding steroid dienone is 1. The van der Waals surface area contributed by atoms with Crippen LogP contribution in [0.1, 0.15) is 32.1 Å². The molecule has 2 atom stereocenters. The summed E-state index contributed by atoms with van der Waals surface area (Å²) < 4.78 is 0. The minimum atomic E-state index is -0.758. The number of hydrogen-bond donors (Lipinski definition) is 2. The Morgan fingerprint density at radius 2 is 2.22 bits per heavy atom. The van der Waals surface area contributed by atoms with Crippen LogP contribution in [0.5, 0.6) is 0 Å². The van der Waals surface area contributed by atoms with Crippen LogP contribution >= 0.6 is 0 Å². The number of carbonyl (C=O) groups is 2. The van der Waals surface area contributed by atoms with E-state index in [9.17, 15) is 9.59 Å². The summed E-state index contributed by atoms with van der Waals surface area (Å²) in [4.78, 5) is 24.3. The Kier molecular flexibility index (Phi) is 5.68. The highest BCUT2D eigenvalue weighted by atomic mass is 16.4. The van der Waals surface area contributed by atoms with E-state index >= 15 is 0 Å². The highest BCUT2D eigenvalue weighted by Gasteiger charge is 2.30. The van der Waals surface area contributed by atoms with Gasteiger partial charge in [-0.05, 0) is 32.1 Å². The maximum atomic E-state index is 11.8. The Bertz CT molecular complexity index is 317. The first kappa shape index (κ1) is 14.5. The second kappa shape index (κ2) is 7.03. The van der Waals surface area contributed by atoms with E-state index < -0.39 is 5.97 Å². The van der Waals surface area contributed by atoms with Gasteiger partial charge >= 0.3 is 12.0 Å². The van der Waals surface area contributed by atoms with Crippen LogP contribution in [0.4, 0.5) is 4.79 Å². The molecule has 2 amide bonds. The van der Waals surface area contributed by atoms with Gasteiger partial charge in [0.2, 0.25) is 0 Å². The van der Waals surface area contributed by atoms with E-state index in [1.165, 1.54) is 0 Å². The van der Waals surface area contributed by atoms with Crippen LogP contribution in [0.25, 0.3) is 0 Å². The van der Waals surface area contributed by atoms with Crippen molar-refractivity contribution >= 4 is 12.0 Å². The molecule has 1 fully saturated rings. The number of nitrogens with one attached hydrogen (secondary N) is 1. The molecule has 0 saturated heterocycles. The highest BCUT2D eigenvalue weighted by molar-refractivity contribution is 5.75. The van der Waals surface area contributed by atoms with Crippen LogP contribution in [0, 0.1) is 5.92 Å². The molecule has 0 aliphatic heterocycles. The van der Waals surface area contributed by atoms with Crippen molar-refractivity contribution in [1.29, 1.82) is 0 Å². The Morgan fingerprint density at radius 3 is 2.78 bits per heavy atom. The lowest BCUT2D eigenvalue weighted by Crippen LogP contribution is -2.42. The van der Waals surface area contributed by atoms with Gasteiger partial charge in [0.15, 0.2) is 0 Å². The summed E-state index contributed by atoms with van der Waals surface area (Å²) in [5, 5.41) is 11.8. The number of carbonyl (C=O) groups excluding carboxylic acids is 1. The van der Waals surface area contributed by atoms with Crippen LogP contribution in [0.3, 0.4) is 0 Å². The van der Waals surface area contributed by atoms with E-state index in [0.717, 1.165) is 19.3 Å². The number of nitrogens with zero attached hydrogens (tertiary/aromatic N) is 1. The molecular formula is C13H22N2O3. The summed E-state index contributed by atoms with van der Waals surface area (Å²) in [7, 11) is 1.75. The summed E-state index contributed by atoms with van der Waals surface area (Å²) in [6.07, 6.45) is 5.57. The van der Waals surface area contributed by atoms with Gasteiger partial charge in [-0.3, -0.25) is 4.79 Å². The second-order valence-electron chi connectivity index (χ2n) is 4.85. The summed E-state index contributed by atoms with van der Waals surface area (Å²) in [6, 6.07) is -0.115. The number of carboxylic acids is 1. The largest absolute Gasteiger partial charge is 0.481 e. The van der Waals surface area contributed by atoms with Crippen LogP contribution in [-0.2, 0) is 4.79 Å². The van der Waals surface area contributed by atoms with Gasteiger partial charge in [-0.25, -0.2) is 4.79 Å². The molecule has 5 heteroatoms. The van der Waals surface area contributed by atoms with Gasteiger partial charge in [-0.15, -0.1) is 6.58 Å². The maximum absolute atomic E-state index is 11.8. The number of amides is 2. The van der Waals surface area contributed by atoms with Crippen molar-refractivity contribution in [3.05, 3.63) is 12.7 Å². The minimum absolute atomic E-state index is 0.000421. The standard InChI is InChI=1S/C13H22N2O3/c1-3-4-5-8-15(2)13(18)14-11-7-6-10(9-11)12(16)17/h3,10-11H,1,4-9H2,2H3,(H,14,18)(H,16,17). The number of unbranched alkanes of at least 4 members (excludes halogenated alkanes) is 1. The van der Waals surface area contributed by atoms with E-state index in [-0.39, 0.29) is 18.0 Å². The van der Waals surface area contributed by atoms with Crippen molar-refractivity contribution in [2.45, 2.75) is 38.1 Å². The molecule has 0 aromatic heterocycles. The predicted molar refractivity (Wildman–Crippen MR) is 69.4 cm³/mol. The van der Waals surface area contributed by atoms with Gasteiger partial charge in [-0.1, -0.05) is 6.08 Å². The van der Waals surface area contributed by atoms with E-state index in [1.807, 2.05) is 6.08 Å². The van der Waals surface area contributed by atoms with E-state index in [1.54, 1.807) is 11.9 Å². The first-order valence-corrected chi connectivity index (χ1v) is 6.40. The smallest absolute Gasteiger partial charge is 0.317 e. The fraction of sp³-hybridized carbons (Fsp3) is 0.692. The SMILES string of the molecule is C=CCCCN(C)C(=O)NC1CCC(C(=O)O)C1. The topological polar surface area (TPSA) is 69.6 Å². The summed E-state index contributed by atoms with van der Waals surface area (Å²) >= 11 is 0. The van der Waals surface area contributed by atoms with Gasteiger partial charge in [0.1, 0.15) is 0 Å². The van der Waals surface area contributed by atoms with E-state index in [2.05, 4.69) is 11.9 Å². The van der Waals surface area contributed by atoms with E-state index in [0.29, 0.717) is 19.4 Å². The van der Waals surface area contributed by atoms with Gasteiger partial charge < -0.3 is 15.3 Å². The molecule has 1 aliphatic rings. The zero-order valence-electron chi connectivity index (χ0n) is 10.9. The molecule has 0 heterocycles. The monoisotopic (exact) mass is 254 g/mol. The quantitative estimate of drug-likeness (QED) is 0.561. The number of hydrogen-bond acceptors (Lipinski definition) is 2. The van der Waals surface area contributed by atoms with Gasteiger partial charge in [0.25, 0.3) is 0 Å². The number of carboxylic acid groups (broad SMARTS) is 1. The molecular weight excluding hydrogens is 232 g/mol. The van der Waals surface area contributed by atoms with Crippen molar-refractivity contribution < 1.29 is 14.7 Å². The van der Waals surface area contributed by atoms with Gasteiger partial charge in [0.05, 0.1) is 5.92 Å². The summed E-state index contributed by atoms with van der Waals surface area (Å²) in [5.41, 5.74) is 0. The van der Waals surface area contributed by atoms with Crippen molar-refractivity contribution in [3.8, 4) is 0 Å². The zero-order valence-corrected chi connectivity index (χ0v) is 10.9. The first-order chi connectivity index (χ1) is 8.54. The molecule has 1 rings (SSSR count). The average molecular weight is 254 g/mol. The molecule has 2 unspecified atom stereocenters. The molecule has 102 valence electrons. The predicted octanol–water partition coefficient (Wildman–Crippen LogP) is 1.85. The Balaban J connectivity index is 2.28. The van der Waals surface area contributed by atoms with Gasteiger partial charge in [-0.2, -0.15) is 0 Å². The fourth-order valence-electron chi connectivity index (χ4n) is 2.20. The van der Waals surface area contributed by atoms with Crippen LogP contribution in [-0.4, -0.2) is 41.6 Å². The third-order valence-corrected chi connectivity index (χ3v) is 3.36. The van der Waals surface area contributed by atoms with Crippen molar-refractivity contribution in [1.82, 2.24) is 10.2 Å². The van der Waals surface area contributed by atoms with Crippen molar-refractivity contribution in [2.24, 2.45) is 5.92 Å². The van der Waals surface area contributed by atoms with Crippen molar-refractivity contribution in [2.75, 3.05) is 13.6 Å². The van der Waals surface area contributed by atoms with E-state index in [4.69, 9.17) is 5.11 Å². The molecule has 1 saturated carbocycles. The molecule has 0 aromatic carbocycles. The van der Waals surface area contributed by atoms with Gasteiger partial charge in [0, 0.05) is 19.6 Å². The third kappa shape index (κ3) is 4.39. The summed E-state index contributed by atoms with van der Waals surface area (Å²) in [6.45, 7) is 4.32. The Hall–Kier alpha value is -1.52. The second-order valence-corrected chi connectivity index (χ2v) is 4.85. The zero-order chi connectivity index (χ0) is 13.5. The maximum Gasteiger partial charge on any atom is 0.317 e. The van der Waals surface area contributed by atoms with Crippen LogP contribution in [0.15, 0.2) is 12.7 Å². The Labute approximate surface area is 108 Å². The molecule has 0 bridgehead atoms. The fourth-order valence-corrected chi connectivity index (χ4v) is 2.20. The molecule has 2 N–H and O–H groups in total. The third-order valence-electron chi connectivity index (χ3n) is 3.36. The number of rotatable bonds is 6. The number of aliphatic carboxylic acids is 1. The highest BCUT2D eigenvalue weighted by Crippen LogP contribution is 2.25. The molecule has 0 aromatic rings. The molecule has 0 spiro atoms. The lowest BCUT2D eigenvalue weighted by molar-refractivity contribution is -0.141. The molecule has 5 nitrogen and oxygen atoms in total. The average Bonchev–Trinajstić information content (AvgIpc) is 2.77. The molecule has 1 aliphatic carbocycles. The molecule has 0 radical (unpaired) electrons. The first-order valence-electron chi connectivity index (χ1n) is 6.40. The minimum Gasteiger partial charge on any atom is -0.481 e. The van der Waals surface area contributed by atoms with Crippen LogP contribution in [0.2, 0.25) is 0 Å².